The average Bonchev–Trinajstić information content (AvgIpc) is 2.93. The Balaban J connectivity index is 2.18. The zero-order valence-corrected chi connectivity index (χ0v) is 12.5. The molecule has 1 heterocycles. The van der Waals surface area contributed by atoms with E-state index in [2.05, 4.69) is 22.4 Å². The molecule has 1 aliphatic rings. The van der Waals surface area contributed by atoms with Crippen LogP contribution >= 0.6 is 0 Å². The minimum Gasteiger partial charge on any atom is -0.409 e. The molecule has 1 saturated carbocycles. The minimum absolute atomic E-state index is 0.0765. The number of hydrogen-bond acceptors (Lipinski definition) is 4. The number of nitrogens with zero attached hydrogens (tertiary/aromatic N) is 3. The molecule has 0 radical (unpaired) electrons. The molecule has 1 fully saturated rings. The molecule has 1 aromatic rings. The molecular weight excluding hydrogens is 270 g/mol. The SMILES string of the molecule is CCC1CCC(NC(=O)c2cncn2C)(C(N)=NO)CC1. The highest BCUT2D eigenvalue weighted by molar-refractivity contribution is 5.99. The van der Waals surface area contributed by atoms with E-state index in [4.69, 9.17) is 10.9 Å². The van der Waals surface area contributed by atoms with Crippen molar-refractivity contribution in [1.29, 1.82) is 0 Å². The van der Waals surface area contributed by atoms with Crippen molar-refractivity contribution < 1.29 is 10.0 Å². The molecule has 0 saturated heterocycles. The predicted molar refractivity (Wildman–Crippen MR) is 79.1 cm³/mol. The van der Waals surface area contributed by atoms with Gasteiger partial charge in [-0.15, -0.1) is 0 Å². The fourth-order valence-electron chi connectivity index (χ4n) is 2.98. The number of aromatic nitrogens is 2. The summed E-state index contributed by atoms with van der Waals surface area (Å²) >= 11 is 0. The maximum Gasteiger partial charge on any atom is 0.270 e. The monoisotopic (exact) mass is 293 g/mol. The van der Waals surface area contributed by atoms with Crippen molar-refractivity contribution in [2.45, 2.75) is 44.6 Å². The van der Waals surface area contributed by atoms with Crippen LogP contribution in [0, 0.1) is 5.92 Å². The first-order valence-electron chi connectivity index (χ1n) is 7.29. The number of oxime groups is 1. The van der Waals surface area contributed by atoms with Gasteiger partial charge in [-0.25, -0.2) is 4.98 Å². The van der Waals surface area contributed by atoms with Crippen molar-refractivity contribution in [3.63, 3.8) is 0 Å². The van der Waals surface area contributed by atoms with E-state index >= 15 is 0 Å². The van der Waals surface area contributed by atoms with Crippen molar-refractivity contribution in [3.8, 4) is 0 Å². The number of nitrogens with one attached hydrogen (secondary N) is 1. The van der Waals surface area contributed by atoms with E-state index in [0.29, 0.717) is 24.5 Å². The minimum atomic E-state index is -0.762. The number of rotatable bonds is 4. The lowest BCUT2D eigenvalue weighted by Gasteiger charge is -2.39. The van der Waals surface area contributed by atoms with Crippen LogP contribution in [-0.4, -0.2) is 32.0 Å². The van der Waals surface area contributed by atoms with E-state index in [-0.39, 0.29) is 11.7 Å². The maximum absolute atomic E-state index is 12.4. The van der Waals surface area contributed by atoms with Gasteiger partial charge in [-0.1, -0.05) is 18.5 Å². The largest absolute Gasteiger partial charge is 0.409 e. The summed E-state index contributed by atoms with van der Waals surface area (Å²) in [6.07, 6.45) is 7.47. The second kappa shape index (κ2) is 6.15. The fourth-order valence-corrected chi connectivity index (χ4v) is 2.98. The van der Waals surface area contributed by atoms with Crippen LogP contribution in [0.3, 0.4) is 0 Å². The van der Waals surface area contributed by atoms with E-state index in [9.17, 15) is 4.79 Å². The third-order valence-electron chi connectivity index (χ3n) is 4.54. The number of carbonyl (C=O) groups excluding carboxylic acids is 1. The molecule has 0 aliphatic heterocycles. The maximum atomic E-state index is 12.4. The highest BCUT2D eigenvalue weighted by Gasteiger charge is 2.40. The van der Waals surface area contributed by atoms with Crippen LogP contribution in [-0.2, 0) is 7.05 Å². The highest BCUT2D eigenvalue weighted by Crippen LogP contribution is 2.34. The summed E-state index contributed by atoms with van der Waals surface area (Å²) in [6, 6.07) is 0. The van der Waals surface area contributed by atoms with Crippen LogP contribution in [0.5, 0.6) is 0 Å². The van der Waals surface area contributed by atoms with Gasteiger partial charge in [-0.05, 0) is 31.6 Å². The first-order valence-corrected chi connectivity index (χ1v) is 7.29. The van der Waals surface area contributed by atoms with E-state index in [0.717, 1.165) is 19.3 Å². The summed E-state index contributed by atoms with van der Waals surface area (Å²) in [4.78, 5) is 16.3. The standard InChI is InChI=1S/C14H23N5O2/c1-3-10-4-6-14(7-5-10,13(15)18-21)17-12(20)11-8-16-9-19(11)2/h8-10,21H,3-7H2,1-2H3,(H2,15,18)(H,17,20). The molecule has 1 amide bonds. The van der Waals surface area contributed by atoms with Gasteiger partial charge in [0.05, 0.1) is 12.5 Å². The molecule has 0 spiro atoms. The van der Waals surface area contributed by atoms with Gasteiger partial charge in [-0.3, -0.25) is 4.79 Å². The molecule has 0 aromatic carbocycles. The van der Waals surface area contributed by atoms with Crippen molar-refractivity contribution >= 4 is 11.7 Å². The van der Waals surface area contributed by atoms with Crippen molar-refractivity contribution in [2.75, 3.05) is 0 Å². The smallest absolute Gasteiger partial charge is 0.270 e. The summed E-state index contributed by atoms with van der Waals surface area (Å²) < 4.78 is 1.65. The summed E-state index contributed by atoms with van der Waals surface area (Å²) in [5, 5.41) is 15.2. The van der Waals surface area contributed by atoms with Crippen molar-refractivity contribution in [1.82, 2.24) is 14.9 Å². The van der Waals surface area contributed by atoms with Gasteiger partial charge in [0, 0.05) is 7.05 Å². The quantitative estimate of drug-likeness (QED) is 0.336. The zero-order chi connectivity index (χ0) is 15.5. The molecule has 0 bridgehead atoms. The van der Waals surface area contributed by atoms with E-state index < -0.39 is 5.54 Å². The number of aryl methyl sites for hydroxylation is 1. The topological polar surface area (TPSA) is 106 Å². The molecule has 7 heteroatoms. The number of nitrogens with two attached hydrogens (primary N) is 1. The third-order valence-corrected chi connectivity index (χ3v) is 4.54. The van der Waals surface area contributed by atoms with Crippen molar-refractivity contribution in [3.05, 3.63) is 18.2 Å². The lowest BCUT2D eigenvalue weighted by atomic mass is 9.75. The number of amides is 1. The number of hydrogen-bond donors (Lipinski definition) is 3. The molecule has 1 aliphatic carbocycles. The van der Waals surface area contributed by atoms with E-state index in [1.54, 1.807) is 17.9 Å². The van der Waals surface area contributed by atoms with Crippen LogP contribution in [0.25, 0.3) is 0 Å². The molecule has 1 aromatic heterocycles. The van der Waals surface area contributed by atoms with Gasteiger partial charge < -0.3 is 20.8 Å². The van der Waals surface area contributed by atoms with Gasteiger partial charge in [-0.2, -0.15) is 0 Å². The molecule has 21 heavy (non-hydrogen) atoms. The Hall–Kier alpha value is -2.05. The Bertz CT molecular complexity index is 529. The third kappa shape index (κ3) is 3.01. The molecule has 2 rings (SSSR count). The van der Waals surface area contributed by atoms with Crippen LogP contribution < -0.4 is 11.1 Å². The van der Waals surface area contributed by atoms with E-state index in [1.165, 1.54) is 6.20 Å². The van der Waals surface area contributed by atoms with Gasteiger partial charge in [0.1, 0.15) is 11.2 Å². The Morgan fingerprint density at radius 1 is 1.62 bits per heavy atom. The number of amidine groups is 1. The number of imidazole rings is 1. The summed E-state index contributed by atoms with van der Waals surface area (Å²) in [5.41, 5.74) is 5.57. The Kier molecular flexibility index (Phi) is 4.50. The molecule has 4 N–H and O–H groups in total. The Morgan fingerprint density at radius 3 is 2.76 bits per heavy atom. The number of carbonyl (C=O) groups is 1. The van der Waals surface area contributed by atoms with Gasteiger partial charge in [0.15, 0.2) is 5.84 Å². The second-order valence-corrected chi connectivity index (χ2v) is 5.76. The van der Waals surface area contributed by atoms with Gasteiger partial charge in [0.25, 0.3) is 5.91 Å². The van der Waals surface area contributed by atoms with Gasteiger partial charge >= 0.3 is 0 Å². The van der Waals surface area contributed by atoms with Gasteiger partial charge in [0.2, 0.25) is 0 Å². The van der Waals surface area contributed by atoms with E-state index in [1.807, 2.05) is 0 Å². The van der Waals surface area contributed by atoms with Crippen LogP contribution in [0.4, 0.5) is 0 Å². The lowest BCUT2D eigenvalue weighted by Crippen LogP contribution is -2.59. The summed E-state index contributed by atoms with van der Waals surface area (Å²) in [5.74, 6) is 0.461. The molecule has 7 nitrogen and oxygen atoms in total. The Morgan fingerprint density at radius 2 is 2.29 bits per heavy atom. The molecular formula is C14H23N5O2. The first-order chi connectivity index (χ1) is 10.0. The van der Waals surface area contributed by atoms with Crippen LogP contribution in [0.15, 0.2) is 17.7 Å². The van der Waals surface area contributed by atoms with Crippen LogP contribution in [0.2, 0.25) is 0 Å². The predicted octanol–water partition coefficient (Wildman–Crippen LogP) is 1.24. The first kappa shape index (κ1) is 15.3. The molecule has 0 unspecified atom stereocenters. The molecule has 116 valence electrons. The second-order valence-electron chi connectivity index (χ2n) is 5.76. The highest BCUT2D eigenvalue weighted by atomic mass is 16.4. The zero-order valence-electron chi connectivity index (χ0n) is 12.5. The van der Waals surface area contributed by atoms with Crippen LogP contribution in [0.1, 0.15) is 49.5 Å². The molecule has 0 atom stereocenters. The summed E-state index contributed by atoms with van der Waals surface area (Å²) in [7, 11) is 1.76. The summed E-state index contributed by atoms with van der Waals surface area (Å²) in [6.45, 7) is 2.16. The van der Waals surface area contributed by atoms with Crippen molar-refractivity contribution in [2.24, 2.45) is 23.9 Å². The average molecular weight is 293 g/mol. The normalized spacial score (nSPS) is 26.6. The lowest BCUT2D eigenvalue weighted by molar-refractivity contribution is 0.0886. The fraction of sp³-hybridized carbons (Fsp3) is 0.643. The Labute approximate surface area is 124 Å².